The van der Waals surface area contributed by atoms with Crippen molar-refractivity contribution >= 4 is 22.2 Å². The molecule has 1 unspecified atom stereocenters. The second-order valence-electron chi connectivity index (χ2n) is 3.53. The van der Waals surface area contributed by atoms with E-state index in [2.05, 4.69) is 9.97 Å². The first-order valence-corrected chi connectivity index (χ1v) is 6.60. The van der Waals surface area contributed by atoms with Crippen molar-refractivity contribution in [2.45, 2.75) is 11.4 Å². The van der Waals surface area contributed by atoms with E-state index in [9.17, 15) is 13.3 Å². The molecule has 0 aliphatic heterocycles. The Morgan fingerprint density at radius 2 is 2.00 bits per heavy atom. The number of nitrogens with zero attached hydrogens (tertiary/aromatic N) is 2. The molecular weight excluding hydrogens is 258 g/mol. The Balaban J connectivity index is 2.12. The van der Waals surface area contributed by atoms with Crippen LogP contribution in [0.15, 0.2) is 47.6 Å². The fourth-order valence-corrected chi connectivity index (χ4v) is 2.34. The fraction of sp³-hybridized carbons (Fsp3) is 0.167. The van der Waals surface area contributed by atoms with Crippen molar-refractivity contribution in [3.63, 3.8) is 0 Å². The Labute approximate surface area is 106 Å². The molecule has 0 saturated heterocycles. The van der Waals surface area contributed by atoms with Gasteiger partial charge in [0.2, 0.25) is 0 Å². The van der Waals surface area contributed by atoms with Gasteiger partial charge in [-0.2, -0.15) is 13.8 Å². The minimum Gasteiger partial charge on any atom is -0.610 e. The van der Waals surface area contributed by atoms with Crippen molar-refractivity contribution in [2.75, 3.05) is 5.75 Å². The van der Waals surface area contributed by atoms with Crippen LogP contribution >= 0.6 is 0 Å². The lowest BCUT2D eigenvalue weighted by atomic mass is 10.3. The molecule has 0 aliphatic carbocycles. The maximum absolute atomic E-state index is 11.8. The molecule has 0 spiro atoms. The minimum atomic E-state index is -1.75. The van der Waals surface area contributed by atoms with Crippen LogP contribution in [0.3, 0.4) is 0 Å². The molecule has 1 heterocycles. The Hall–Kier alpha value is -1.53. The number of allylic oxidation sites excluding steroid dienone is 1. The van der Waals surface area contributed by atoms with Gasteiger partial charge in [0, 0.05) is 17.6 Å². The largest absolute Gasteiger partial charge is 0.610 e. The maximum atomic E-state index is 11.8. The second kappa shape index (κ2) is 5.88. The molecule has 6 heteroatoms. The van der Waals surface area contributed by atoms with E-state index in [-0.39, 0.29) is 12.2 Å². The highest BCUT2D eigenvalue weighted by molar-refractivity contribution is 7.91. The summed E-state index contributed by atoms with van der Waals surface area (Å²) >= 11 is -1.41. The number of aromatic nitrogens is 2. The molecule has 0 aliphatic rings. The monoisotopic (exact) mass is 268 g/mol. The van der Waals surface area contributed by atoms with Gasteiger partial charge in [-0.25, -0.2) is 4.98 Å². The number of para-hydroxylation sites is 2. The smallest absolute Gasteiger partial charge is 0.266 e. The first kappa shape index (κ1) is 12.9. The van der Waals surface area contributed by atoms with Crippen LogP contribution in [0.25, 0.3) is 11.0 Å². The quantitative estimate of drug-likeness (QED) is 0.801. The van der Waals surface area contributed by atoms with Crippen LogP contribution in [0.5, 0.6) is 0 Å². The van der Waals surface area contributed by atoms with E-state index in [4.69, 9.17) is 0 Å². The zero-order chi connectivity index (χ0) is 13.0. The predicted molar refractivity (Wildman–Crippen MR) is 65.7 cm³/mol. The summed E-state index contributed by atoms with van der Waals surface area (Å²) < 4.78 is 35.5. The zero-order valence-electron chi connectivity index (χ0n) is 9.35. The van der Waals surface area contributed by atoms with Crippen molar-refractivity contribution in [1.29, 1.82) is 0 Å². The molecule has 0 N–H and O–H groups in total. The molecule has 94 valence electrons. The summed E-state index contributed by atoms with van der Waals surface area (Å²) in [6, 6.07) is 7.22. The van der Waals surface area contributed by atoms with Gasteiger partial charge in [0.1, 0.15) is 11.9 Å². The van der Waals surface area contributed by atoms with E-state index < -0.39 is 17.3 Å². The molecular formula is C12H10F2N2OS. The summed E-state index contributed by atoms with van der Waals surface area (Å²) in [5.74, 6) is 0.115. The van der Waals surface area contributed by atoms with E-state index in [1.807, 2.05) is 12.1 Å². The third-order valence-corrected chi connectivity index (χ3v) is 3.53. The molecule has 2 aromatic rings. The van der Waals surface area contributed by atoms with Crippen molar-refractivity contribution in [3.05, 3.63) is 42.6 Å². The summed E-state index contributed by atoms with van der Waals surface area (Å²) in [5.41, 5.74) is 1.36. The van der Waals surface area contributed by atoms with Gasteiger partial charge in [-0.15, -0.1) is 0 Å². The van der Waals surface area contributed by atoms with Crippen LogP contribution in [0.4, 0.5) is 8.78 Å². The molecule has 0 fully saturated rings. The molecule has 0 bridgehead atoms. The summed E-state index contributed by atoms with van der Waals surface area (Å²) in [7, 11) is 0. The molecule has 1 atom stereocenters. The lowest BCUT2D eigenvalue weighted by Gasteiger charge is -2.07. The average Bonchev–Trinajstić information content (AvgIpc) is 2.37. The summed E-state index contributed by atoms with van der Waals surface area (Å²) in [4.78, 5) is 8.33. The lowest BCUT2D eigenvalue weighted by molar-refractivity contribution is 0.418. The molecule has 1 aromatic carbocycles. The minimum absolute atomic E-state index is 0.0590. The number of rotatable bonds is 4. The maximum Gasteiger partial charge on any atom is 0.266 e. The first-order valence-electron chi connectivity index (χ1n) is 5.28. The number of hydrogen-bond donors (Lipinski definition) is 0. The fourth-order valence-electron chi connectivity index (χ4n) is 1.43. The molecule has 2 rings (SSSR count). The van der Waals surface area contributed by atoms with E-state index >= 15 is 0 Å². The first-order chi connectivity index (χ1) is 8.66. The number of benzene rings is 1. The zero-order valence-corrected chi connectivity index (χ0v) is 10.2. The summed E-state index contributed by atoms with van der Waals surface area (Å²) in [6.07, 6.45) is 0.487. The van der Waals surface area contributed by atoms with Crippen molar-refractivity contribution in [3.8, 4) is 0 Å². The molecule has 0 radical (unpaired) electrons. The summed E-state index contributed by atoms with van der Waals surface area (Å²) in [5, 5.41) is 0.321. The Kier molecular flexibility index (Phi) is 4.22. The molecule has 0 amide bonds. The normalized spacial score (nSPS) is 12.4. The highest BCUT2D eigenvalue weighted by Crippen LogP contribution is 2.14. The van der Waals surface area contributed by atoms with Crippen LogP contribution in [0.1, 0.15) is 6.42 Å². The van der Waals surface area contributed by atoms with Gasteiger partial charge < -0.3 is 4.55 Å². The Bertz CT molecular complexity index is 573. The van der Waals surface area contributed by atoms with Crippen molar-refractivity contribution in [2.24, 2.45) is 0 Å². The third-order valence-electron chi connectivity index (χ3n) is 2.26. The van der Waals surface area contributed by atoms with Crippen molar-refractivity contribution < 1.29 is 13.3 Å². The lowest BCUT2D eigenvalue weighted by Crippen LogP contribution is -2.09. The highest BCUT2D eigenvalue weighted by atomic mass is 32.2. The van der Waals surface area contributed by atoms with Gasteiger partial charge in [0.05, 0.1) is 11.0 Å². The molecule has 0 saturated carbocycles. The number of hydrogen-bond acceptors (Lipinski definition) is 3. The van der Waals surface area contributed by atoms with Gasteiger partial charge >= 0.3 is 0 Å². The van der Waals surface area contributed by atoms with Gasteiger partial charge in [0.15, 0.2) is 0 Å². The standard InChI is InChI=1S/C12H10F2N2OS/c13-11(14)6-3-7-18(17)12-8-15-9-4-1-2-5-10(9)16-12/h1-2,4-6,8H,3,7H2. The van der Waals surface area contributed by atoms with E-state index in [1.54, 1.807) is 12.1 Å². The van der Waals surface area contributed by atoms with Crippen LogP contribution < -0.4 is 0 Å². The van der Waals surface area contributed by atoms with E-state index in [0.29, 0.717) is 16.1 Å². The van der Waals surface area contributed by atoms with Crippen molar-refractivity contribution in [1.82, 2.24) is 9.97 Å². The number of fused-ring (bicyclic) bond motifs is 1. The van der Waals surface area contributed by atoms with Gasteiger partial charge in [0.25, 0.3) is 11.1 Å². The Morgan fingerprint density at radius 1 is 1.28 bits per heavy atom. The summed E-state index contributed by atoms with van der Waals surface area (Å²) in [6.45, 7) is 0. The van der Waals surface area contributed by atoms with E-state index in [1.165, 1.54) is 6.20 Å². The van der Waals surface area contributed by atoms with Gasteiger partial charge in [-0.05, 0) is 18.2 Å². The number of halogens is 2. The Morgan fingerprint density at radius 3 is 2.72 bits per heavy atom. The molecule has 1 aromatic heterocycles. The van der Waals surface area contributed by atoms with Crippen LogP contribution in [-0.4, -0.2) is 20.3 Å². The van der Waals surface area contributed by atoms with Crippen LogP contribution in [-0.2, 0) is 11.2 Å². The molecule has 18 heavy (non-hydrogen) atoms. The third kappa shape index (κ3) is 3.24. The van der Waals surface area contributed by atoms with Gasteiger partial charge in [-0.3, -0.25) is 0 Å². The van der Waals surface area contributed by atoms with Crippen LogP contribution in [0, 0.1) is 0 Å². The van der Waals surface area contributed by atoms with E-state index in [0.717, 1.165) is 6.08 Å². The molecule has 3 nitrogen and oxygen atoms in total. The topological polar surface area (TPSA) is 48.8 Å². The SMILES string of the molecule is [O-][S+](CCC=C(F)F)c1cnc2ccccc2n1. The predicted octanol–water partition coefficient (Wildman–Crippen LogP) is 2.91. The average molecular weight is 268 g/mol. The highest BCUT2D eigenvalue weighted by Gasteiger charge is 2.13. The van der Waals surface area contributed by atoms with Crippen LogP contribution in [0.2, 0.25) is 0 Å². The second-order valence-corrected chi connectivity index (χ2v) is 5.05. The van der Waals surface area contributed by atoms with Gasteiger partial charge in [-0.1, -0.05) is 12.1 Å².